The number of rotatable bonds is 5. The lowest BCUT2D eigenvalue weighted by atomic mass is 9.96. The Labute approximate surface area is 128 Å². The van der Waals surface area contributed by atoms with Gasteiger partial charge in [0.15, 0.2) is 0 Å². The van der Waals surface area contributed by atoms with E-state index < -0.39 is 11.5 Å². The van der Waals surface area contributed by atoms with Gasteiger partial charge in [-0.25, -0.2) is 0 Å². The van der Waals surface area contributed by atoms with Gasteiger partial charge in [-0.2, -0.15) is 0 Å². The highest BCUT2D eigenvalue weighted by Gasteiger charge is 2.47. The Morgan fingerprint density at radius 3 is 2.29 bits per heavy atom. The average Bonchev–Trinajstić information content (AvgIpc) is 2.83. The van der Waals surface area contributed by atoms with Crippen LogP contribution in [0.25, 0.3) is 0 Å². The molecule has 21 heavy (non-hydrogen) atoms. The summed E-state index contributed by atoms with van der Waals surface area (Å²) in [6, 6.07) is 1.23. The lowest BCUT2D eigenvalue weighted by Crippen LogP contribution is -2.55. The van der Waals surface area contributed by atoms with Crippen molar-refractivity contribution in [2.75, 3.05) is 26.2 Å². The monoisotopic (exact) mass is 297 g/mol. The zero-order valence-electron chi connectivity index (χ0n) is 13.9. The molecule has 0 spiro atoms. The van der Waals surface area contributed by atoms with E-state index in [1.165, 1.54) is 0 Å². The van der Waals surface area contributed by atoms with Crippen LogP contribution in [0.3, 0.4) is 0 Å². The van der Waals surface area contributed by atoms with Gasteiger partial charge in [0.1, 0.15) is 5.54 Å². The van der Waals surface area contributed by atoms with E-state index in [-0.39, 0.29) is 6.04 Å². The van der Waals surface area contributed by atoms with Crippen molar-refractivity contribution < 1.29 is 9.90 Å². The zero-order chi connectivity index (χ0) is 15.6. The van der Waals surface area contributed by atoms with Gasteiger partial charge in [0, 0.05) is 44.3 Å². The Hall–Kier alpha value is -0.650. The first-order valence-corrected chi connectivity index (χ1v) is 8.33. The van der Waals surface area contributed by atoms with Crippen LogP contribution >= 0.6 is 0 Å². The van der Waals surface area contributed by atoms with E-state index in [1.54, 1.807) is 0 Å². The Balaban J connectivity index is 1.94. The number of nitrogens with zero attached hydrogens (tertiary/aromatic N) is 2. The van der Waals surface area contributed by atoms with Crippen molar-refractivity contribution in [1.82, 2.24) is 15.1 Å². The SMILES string of the molecule is CC(C)NC1(C(=O)O)CCC(N2CCN(C(C)C)CC2)C1. The van der Waals surface area contributed by atoms with Crippen molar-refractivity contribution in [1.29, 1.82) is 0 Å². The molecule has 0 aromatic heterocycles. The van der Waals surface area contributed by atoms with Gasteiger partial charge in [0.05, 0.1) is 0 Å². The second-order valence-corrected chi connectivity index (χ2v) is 7.25. The van der Waals surface area contributed by atoms with Gasteiger partial charge in [0.25, 0.3) is 0 Å². The molecule has 2 fully saturated rings. The summed E-state index contributed by atoms with van der Waals surface area (Å²) in [5.74, 6) is -0.681. The van der Waals surface area contributed by atoms with Gasteiger partial charge in [-0.1, -0.05) is 0 Å². The average molecular weight is 297 g/mol. The fourth-order valence-corrected chi connectivity index (χ4v) is 3.89. The van der Waals surface area contributed by atoms with Gasteiger partial charge in [-0.05, 0) is 47.0 Å². The number of hydrogen-bond donors (Lipinski definition) is 2. The van der Waals surface area contributed by atoms with Gasteiger partial charge in [0.2, 0.25) is 0 Å². The molecular formula is C16H31N3O2. The number of hydrogen-bond acceptors (Lipinski definition) is 4. The molecule has 2 rings (SSSR count). The summed E-state index contributed by atoms with van der Waals surface area (Å²) in [6.45, 7) is 12.9. The highest BCUT2D eigenvalue weighted by atomic mass is 16.4. The molecule has 5 heteroatoms. The van der Waals surface area contributed by atoms with Crippen LogP contribution in [0.5, 0.6) is 0 Å². The number of nitrogens with one attached hydrogen (secondary N) is 1. The quantitative estimate of drug-likeness (QED) is 0.803. The minimum absolute atomic E-state index is 0.206. The van der Waals surface area contributed by atoms with Crippen LogP contribution in [-0.2, 0) is 4.79 Å². The number of carboxylic acid groups (broad SMARTS) is 1. The first-order chi connectivity index (χ1) is 9.84. The van der Waals surface area contributed by atoms with E-state index in [0.29, 0.717) is 12.1 Å². The lowest BCUT2D eigenvalue weighted by Gasteiger charge is -2.40. The molecular weight excluding hydrogens is 266 g/mol. The topological polar surface area (TPSA) is 55.8 Å². The van der Waals surface area contributed by atoms with Crippen LogP contribution in [0, 0.1) is 0 Å². The number of piperazine rings is 1. The second kappa shape index (κ2) is 6.63. The van der Waals surface area contributed by atoms with Crippen LogP contribution < -0.4 is 5.32 Å². The Morgan fingerprint density at radius 2 is 1.81 bits per heavy atom. The normalized spacial score (nSPS) is 32.2. The first kappa shape index (κ1) is 16.7. The summed E-state index contributed by atoms with van der Waals surface area (Å²) in [6.07, 6.45) is 2.48. The summed E-state index contributed by atoms with van der Waals surface area (Å²) in [5, 5.41) is 13.0. The van der Waals surface area contributed by atoms with E-state index in [2.05, 4.69) is 29.0 Å². The van der Waals surface area contributed by atoms with Gasteiger partial charge in [-0.3, -0.25) is 19.9 Å². The summed E-state index contributed by atoms with van der Waals surface area (Å²) in [5.41, 5.74) is -0.714. The van der Waals surface area contributed by atoms with Crippen LogP contribution in [-0.4, -0.2) is 70.7 Å². The summed E-state index contributed by atoms with van der Waals surface area (Å²) < 4.78 is 0. The van der Waals surface area contributed by atoms with E-state index in [0.717, 1.165) is 45.4 Å². The van der Waals surface area contributed by atoms with Crippen molar-refractivity contribution in [3.05, 3.63) is 0 Å². The number of carboxylic acids is 1. The largest absolute Gasteiger partial charge is 0.480 e. The molecule has 122 valence electrons. The Bertz CT molecular complexity index is 365. The van der Waals surface area contributed by atoms with Crippen molar-refractivity contribution in [3.8, 4) is 0 Å². The van der Waals surface area contributed by atoms with Crippen LogP contribution in [0.15, 0.2) is 0 Å². The van der Waals surface area contributed by atoms with Crippen molar-refractivity contribution >= 4 is 5.97 Å². The predicted molar refractivity (Wildman–Crippen MR) is 84.6 cm³/mol. The molecule has 1 saturated heterocycles. The van der Waals surface area contributed by atoms with E-state index in [4.69, 9.17) is 0 Å². The van der Waals surface area contributed by atoms with Crippen molar-refractivity contribution in [2.24, 2.45) is 0 Å². The third-order valence-electron chi connectivity index (χ3n) is 5.06. The highest BCUT2D eigenvalue weighted by Crippen LogP contribution is 2.34. The minimum atomic E-state index is -0.714. The molecule has 1 aliphatic carbocycles. The van der Waals surface area contributed by atoms with E-state index >= 15 is 0 Å². The van der Waals surface area contributed by atoms with Crippen molar-refractivity contribution in [3.63, 3.8) is 0 Å². The van der Waals surface area contributed by atoms with E-state index in [1.807, 2.05) is 13.8 Å². The van der Waals surface area contributed by atoms with Gasteiger partial charge >= 0.3 is 5.97 Å². The highest BCUT2D eigenvalue weighted by molar-refractivity contribution is 5.79. The third-order valence-corrected chi connectivity index (χ3v) is 5.06. The maximum absolute atomic E-state index is 11.7. The maximum Gasteiger partial charge on any atom is 0.323 e. The molecule has 1 aliphatic heterocycles. The second-order valence-electron chi connectivity index (χ2n) is 7.25. The summed E-state index contributed by atoms with van der Waals surface area (Å²) in [4.78, 5) is 16.7. The third kappa shape index (κ3) is 3.76. The van der Waals surface area contributed by atoms with Crippen LogP contribution in [0.4, 0.5) is 0 Å². The van der Waals surface area contributed by atoms with Gasteiger partial charge in [-0.15, -0.1) is 0 Å². The molecule has 0 aromatic rings. The fraction of sp³-hybridized carbons (Fsp3) is 0.938. The number of carbonyl (C=O) groups is 1. The molecule has 0 aromatic carbocycles. The first-order valence-electron chi connectivity index (χ1n) is 8.33. The standard InChI is InChI=1S/C16H31N3O2/c1-12(2)17-16(15(20)21)6-5-14(11-16)19-9-7-18(8-10-19)13(3)4/h12-14,17H,5-11H2,1-4H3,(H,20,21). The molecule has 1 heterocycles. The molecule has 2 unspecified atom stereocenters. The van der Waals surface area contributed by atoms with Gasteiger partial charge < -0.3 is 5.11 Å². The lowest BCUT2D eigenvalue weighted by molar-refractivity contribution is -0.145. The zero-order valence-corrected chi connectivity index (χ0v) is 13.9. The smallest absolute Gasteiger partial charge is 0.323 e. The molecule has 1 saturated carbocycles. The molecule has 2 aliphatic rings. The number of aliphatic carboxylic acids is 1. The molecule has 5 nitrogen and oxygen atoms in total. The Kier molecular flexibility index (Phi) is 5.28. The van der Waals surface area contributed by atoms with E-state index in [9.17, 15) is 9.90 Å². The molecule has 0 amide bonds. The summed E-state index contributed by atoms with van der Waals surface area (Å²) in [7, 11) is 0. The maximum atomic E-state index is 11.7. The predicted octanol–water partition coefficient (Wildman–Crippen LogP) is 1.39. The van der Waals surface area contributed by atoms with Crippen LogP contribution in [0.1, 0.15) is 47.0 Å². The molecule has 2 N–H and O–H groups in total. The minimum Gasteiger partial charge on any atom is -0.480 e. The Morgan fingerprint density at radius 1 is 1.19 bits per heavy atom. The fourth-order valence-electron chi connectivity index (χ4n) is 3.89. The summed E-state index contributed by atoms with van der Waals surface area (Å²) >= 11 is 0. The van der Waals surface area contributed by atoms with Crippen LogP contribution in [0.2, 0.25) is 0 Å². The molecule has 0 radical (unpaired) electrons. The molecule has 2 atom stereocenters. The molecule has 0 bridgehead atoms. The van der Waals surface area contributed by atoms with Crippen molar-refractivity contribution in [2.45, 2.75) is 70.6 Å².